The molecule has 0 aromatic heterocycles. The van der Waals surface area contributed by atoms with Gasteiger partial charge in [-0.25, -0.2) is 9.38 Å². The standard InChI is InChI=1S/C19H24FN5O5S/c1-23(2)31(29,30)24(3)14-5-4-10-25-17(14)22-15(16(26)19(25)28)18(27)21-11-12-6-8-13(20)9-7-12/h6-9,14-15H,4-5,10-11H2,1-3H3,(H,21,27)/t14-,15?/m0/s1. The fourth-order valence-electron chi connectivity index (χ4n) is 3.50. The minimum Gasteiger partial charge on any atom is -0.350 e. The van der Waals surface area contributed by atoms with Crippen LogP contribution in [0.25, 0.3) is 0 Å². The lowest BCUT2D eigenvalue weighted by molar-refractivity contribution is -0.146. The monoisotopic (exact) mass is 453 g/mol. The Morgan fingerprint density at radius 3 is 2.48 bits per heavy atom. The average molecular weight is 453 g/mol. The average Bonchev–Trinajstić information content (AvgIpc) is 2.74. The van der Waals surface area contributed by atoms with E-state index in [1.54, 1.807) is 0 Å². The number of carbonyl (C=O) groups is 3. The van der Waals surface area contributed by atoms with Crippen LogP contribution < -0.4 is 5.32 Å². The number of hydrogen-bond donors (Lipinski definition) is 1. The van der Waals surface area contributed by atoms with Gasteiger partial charge in [-0.1, -0.05) is 12.1 Å². The maximum absolute atomic E-state index is 13.0. The number of nitrogens with one attached hydrogen (secondary N) is 1. The van der Waals surface area contributed by atoms with Crippen LogP contribution in [0.15, 0.2) is 29.3 Å². The zero-order chi connectivity index (χ0) is 22.9. The highest BCUT2D eigenvalue weighted by Crippen LogP contribution is 2.24. The summed E-state index contributed by atoms with van der Waals surface area (Å²) in [5.41, 5.74) is 0.603. The van der Waals surface area contributed by atoms with Gasteiger partial charge >= 0.3 is 0 Å². The van der Waals surface area contributed by atoms with E-state index in [1.807, 2.05) is 0 Å². The van der Waals surface area contributed by atoms with Gasteiger partial charge in [0.05, 0.1) is 6.04 Å². The van der Waals surface area contributed by atoms with E-state index in [4.69, 9.17) is 0 Å². The molecular formula is C19H24FN5O5S. The first-order chi connectivity index (χ1) is 14.5. The number of amides is 2. The first-order valence-corrected chi connectivity index (χ1v) is 11.0. The van der Waals surface area contributed by atoms with Gasteiger partial charge in [-0.15, -0.1) is 0 Å². The number of carbonyl (C=O) groups excluding carboxylic acids is 3. The van der Waals surface area contributed by atoms with Crippen molar-refractivity contribution in [1.29, 1.82) is 0 Å². The molecule has 0 radical (unpaired) electrons. The van der Waals surface area contributed by atoms with Gasteiger partial charge in [-0.3, -0.25) is 19.3 Å². The van der Waals surface area contributed by atoms with Crippen LogP contribution >= 0.6 is 0 Å². The molecule has 1 unspecified atom stereocenters. The molecule has 1 aromatic rings. The van der Waals surface area contributed by atoms with Crippen LogP contribution in [-0.2, 0) is 31.1 Å². The maximum atomic E-state index is 13.0. The van der Waals surface area contributed by atoms with Gasteiger partial charge in [0.2, 0.25) is 0 Å². The molecule has 168 valence electrons. The maximum Gasteiger partial charge on any atom is 0.298 e. The van der Waals surface area contributed by atoms with E-state index in [2.05, 4.69) is 10.3 Å². The topological polar surface area (TPSA) is 119 Å². The quantitative estimate of drug-likeness (QED) is 0.461. The summed E-state index contributed by atoms with van der Waals surface area (Å²) in [4.78, 5) is 43.1. The molecule has 1 aromatic carbocycles. The van der Waals surface area contributed by atoms with Crippen molar-refractivity contribution in [3.05, 3.63) is 35.6 Å². The summed E-state index contributed by atoms with van der Waals surface area (Å²) in [6, 6.07) is 3.05. The van der Waals surface area contributed by atoms with Gasteiger partial charge in [-0.05, 0) is 30.5 Å². The molecule has 10 nitrogen and oxygen atoms in total. The van der Waals surface area contributed by atoms with Crippen molar-refractivity contribution in [3.8, 4) is 0 Å². The molecule has 1 fully saturated rings. The Labute approximate surface area is 179 Å². The van der Waals surface area contributed by atoms with Crippen LogP contribution in [0.4, 0.5) is 4.39 Å². The van der Waals surface area contributed by atoms with E-state index in [9.17, 15) is 27.2 Å². The Kier molecular flexibility index (Phi) is 6.53. The van der Waals surface area contributed by atoms with E-state index >= 15 is 0 Å². The van der Waals surface area contributed by atoms with Crippen molar-refractivity contribution in [2.24, 2.45) is 4.99 Å². The van der Waals surface area contributed by atoms with Crippen molar-refractivity contribution in [2.45, 2.75) is 31.5 Å². The first kappa shape index (κ1) is 23.0. The van der Waals surface area contributed by atoms with Crippen molar-refractivity contribution in [2.75, 3.05) is 27.7 Å². The molecule has 2 heterocycles. The number of hydrogen-bond acceptors (Lipinski definition) is 6. The van der Waals surface area contributed by atoms with Crippen LogP contribution in [-0.4, -0.2) is 85.1 Å². The number of likely N-dealkylation sites (N-methyl/N-ethyl adjacent to an activating group) is 1. The van der Waals surface area contributed by atoms with Gasteiger partial charge in [-0.2, -0.15) is 17.0 Å². The lowest BCUT2D eigenvalue weighted by Gasteiger charge is -2.40. The normalized spacial score (nSPS) is 21.9. The van der Waals surface area contributed by atoms with Crippen LogP contribution in [0, 0.1) is 5.82 Å². The Morgan fingerprint density at radius 1 is 1.23 bits per heavy atom. The van der Waals surface area contributed by atoms with Crippen LogP contribution in [0.1, 0.15) is 18.4 Å². The molecule has 1 saturated heterocycles. The molecule has 0 spiro atoms. The summed E-state index contributed by atoms with van der Waals surface area (Å²) in [7, 11) is 0.327. The molecule has 12 heteroatoms. The predicted molar refractivity (Wildman–Crippen MR) is 110 cm³/mol. The zero-order valence-corrected chi connectivity index (χ0v) is 18.2. The molecule has 0 aliphatic carbocycles. The first-order valence-electron chi connectivity index (χ1n) is 9.65. The summed E-state index contributed by atoms with van der Waals surface area (Å²) in [5, 5.41) is 2.53. The molecule has 1 N–H and O–H groups in total. The molecule has 2 aliphatic rings. The highest BCUT2D eigenvalue weighted by atomic mass is 32.2. The minimum atomic E-state index is -3.81. The minimum absolute atomic E-state index is 0.0178. The van der Waals surface area contributed by atoms with Crippen LogP contribution in [0.5, 0.6) is 0 Å². The molecule has 0 bridgehead atoms. The fourth-order valence-corrected chi connectivity index (χ4v) is 4.53. The summed E-state index contributed by atoms with van der Waals surface area (Å²) >= 11 is 0. The molecule has 2 aliphatic heterocycles. The fraction of sp³-hybridized carbons (Fsp3) is 0.474. The predicted octanol–water partition coefficient (Wildman–Crippen LogP) is -0.479. The second-order valence-corrected chi connectivity index (χ2v) is 9.72. The van der Waals surface area contributed by atoms with E-state index in [0.717, 1.165) is 13.5 Å². The number of amidine groups is 1. The van der Waals surface area contributed by atoms with E-state index in [0.29, 0.717) is 18.4 Å². The molecule has 0 saturated carbocycles. The summed E-state index contributed by atoms with van der Waals surface area (Å²) < 4.78 is 40.3. The third-order valence-corrected chi connectivity index (χ3v) is 7.20. The lowest BCUT2D eigenvalue weighted by Crippen LogP contribution is -2.62. The second-order valence-electron chi connectivity index (χ2n) is 7.52. The highest BCUT2D eigenvalue weighted by Gasteiger charge is 2.46. The van der Waals surface area contributed by atoms with Crippen molar-refractivity contribution in [1.82, 2.24) is 18.8 Å². The van der Waals surface area contributed by atoms with Crippen LogP contribution in [0.3, 0.4) is 0 Å². The van der Waals surface area contributed by atoms with E-state index < -0.39 is 45.7 Å². The number of benzene rings is 1. The number of Topliss-reactive ketones (excluding diaryl/α,β-unsaturated/α-hetero) is 1. The number of ketones is 1. The SMILES string of the molecule is CN(C)S(=O)(=O)N(C)[C@H]1CCCN2C(=O)C(=O)C(C(=O)NCc3ccc(F)cc3)N=C12. The van der Waals surface area contributed by atoms with E-state index in [-0.39, 0.29) is 18.9 Å². The second kappa shape index (κ2) is 8.81. The molecular weight excluding hydrogens is 429 g/mol. The summed E-state index contributed by atoms with van der Waals surface area (Å²) in [6.45, 7) is 0.240. The van der Waals surface area contributed by atoms with Gasteiger partial charge in [0.15, 0.2) is 6.04 Å². The molecule has 31 heavy (non-hydrogen) atoms. The van der Waals surface area contributed by atoms with E-state index in [1.165, 1.54) is 45.4 Å². The third kappa shape index (κ3) is 4.50. The number of fused-ring (bicyclic) bond motifs is 1. The Morgan fingerprint density at radius 2 is 1.87 bits per heavy atom. The number of rotatable bonds is 6. The molecule has 2 amide bonds. The molecule has 3 rings (SSSR count). The zero-order valence-electron chi connectivity index (χ0n) is 17.4. The summed E-state index contributed by atoms with van der Waals surface area (Å²) in [6.07, 6.45) is 0.877. The molecule has 2 atom stereocenters. The largest absolute Gasteiger partial charge is 0.350 e. The summed E-state index contributed by atoms with van der Waals surface area (Å²) in [5.74, 6) is -2.97. The number of piperidine rings is 1. The Bertz CT molecular complexity index is 1020. The van der Waals surface area contributed by atoms with Crippen molar-refractivity contribution < 1.29 is 27.2 Å². The third-order valence-electron chi connectivity index (χ3n) is 5.29. The van der Waals surface area contributed by atoms with Gasteiger partial charge < -0.3 is 5.32 Å². The van der Waals surface area contributed by atoms with Gasteiger partial charge in [0, 0.05) is 34.2 Å². The number of halogens is 1. The smallest absolute Gasteiger partial charge is 0.298 e. The van der Waals surface area contributed by atoms with Gasteiger partial charge in [0.1, 0.15) is 11.7 Å². The highest BCUT2D eigenvalue weighted by molar-refractivity contribution is 7.86. The van der Waals surface area contributed by atoms with Crippen molar-refractivity contribution >= 4 is 33.6 Å². The number of nitrogens with zero attached hydrogens (tertiary/aromatic N) is 4. The van der Waals surface area contributed by atoms with Gasteiger partial charge in [0.25, 0.3) is 27.8 Å². The van der Waals surface area contributed by atoms with Crippen molar-refractivity contribution in [3.63, 3.8) is 0 Å². The Balaban J connectivity index is 1.86. The van der Waals surface area contributed by atoms with Crippen LogP contribution in [0.2, 0.25) is 0 Å². The number of aliphatic imine (C=N–C) groups is 1. The Hall–Kier alpha value is -2.70. The lowest BCUT2D eigenvalue weighted by atomic mass is 9.99.